The van der Waals surface area contributed by atoms with E-state index in [1.165, 1.54) is 24.3 Å². The number of nitrogens with zero attached hydrogens (tertiary/aromatic N) is 1. The van der Waals surface area contributed by atoms with Crippen LogP contribution >= 0.6 is 0 Å². The molecular weight excluding hydrogens is 462 g/mol. The minimum atomic E-state index is -3.76. The van der Waals surface area contributed by atoms with Gasteiger partial charge in [0.1, 0.15) is 0 Å². The van der Waals surface area contributed by atoms with Gasteiger partial charge in [0, 0.05) is 36.8 Å². The Morgan fingerprint density at radius 2 is 1.51 bits per heavy atom. The number of benzene rings is 3. The molecule has 0 aliphatic carbocycles. The summed E-state index contributed by atoms with van der Waals surface area (Å²) in [4.78, 5) is 27.3. The van der Waals surface area contributed by atoms with Crippen molar-refractivity contribution >= 4 is 27.5 Å². The number of piperidine rings is 1. The summed E-state index contributed by atoms with van der Waals surface area (Å²) in [5.74, 6) is -0.275. The van der Waals surface area contributed by atoms with Crippen molar-refractivity contribution in [2.75, 3.05) is 17.8 Å². The first kappa shape index (κ1) is 24.5. The van der Waals surface area contributed by atoms with E-state index in [-0.39, 0.29) is 22.6 Å². The quantitative estimate of drug-likeness (QED) is 0.523. The molecule has 1 saturated heterocycles. The molecule has 2 N–H and O–H groups in total. The molecule has 2 amide bonds. The van der Waals surface area contributed by atoms with Gasteiger partial charge in [-0.1, -0.05) is 48.0 Å². The summed E-state index contributed by atoms with van der Waals surface area (Å²) < 4.78 is 27.9. The summed E-state index contributed by atoms with van der Waals surface area (Å²) in [5.41, 5.74) is 2.98. The molecule has 1 fully saturated rings. The van der Waals surface area contributed by atoms with E-state index >= 15 is 0 Å². The lowest BCUT2D eigenvalue weighted by molar-refractivity contribution is -0.126. The number of amides is 2. The molecule has 0 atom stereocenters. The van der Waals surface area contributed by atoms with E-state index in [0.29, 0.717) is 43.7 Å². The monoisotopic (exact) mass is 491 g/mol. The van der Waals surface area contributed by atoms with E-state index in [9.17, 15) is 18.0 Å². The zero-order valence-corrected chi connectivity index (χ0v) is 20.4. The minimum Gasteiger partial charge on any atom is -0.352 e. The smallest absolute Gasteiger partial charge is 0.261 e. The van der Waals surface area contributed by atoms with Crippen molar-refractivity contribution < 1.29 is 18.0 Å². The molecule has 3 aromatic rings. The van der Waals surface area contributed by atoms with Gasteiger partial charge in [-0.25, -0.2) is 8.42 Å². The van der Waals surface area contributed by atoms with Crippen LogP contribution in [0, 0.1) is 12.8 Å². The number of carbonyl (C=O) groups is 2. The highest BCUT2D eigenvalue weighted by atomic mass is 32.2. The van der Waals surface area contributed by atoms with Crippen LogP contribution in [0.15, 0.2) is 83.8 Å². The Hall–Kier alpha value is -3.65. The van der Waals surface area contributed by atoms with E-state index in [2.05, 4.69) is 10.0 Å². The molecular formula is C27H29N3O4S. The van der Waals surface area contributed by atoms with Crippen molar-refractivity contribution in [2.45, 2.75) is 31.2 Å². The van der Waals surface area contributed by atoms with Gasteiger partial charge < -0.3 is 10.2 Å². The average molecular weight is 492 g/mol. The molecule has 0 radical (unpaired) electrons. The Bertz CT molecular complexity index is 1270. The van der Waals surface area contributed by atoms with E-state index in [0.717, 1.165) is 11.1 Å². The van der Waals surface area contributed by atoms with Crippen molar-refractivity contribution in [3.05, 3.63) is 95.6 Å². The topological polar surface area (TPSA) is 95.6 Å². The number of hydrogen-bond acceptors (Lipinski definition) is 4. The first-order valence-corrected chi connectivity index (χ1v) is 13.1. The lowest BCUT2D eigenvalue weighted by atomic mass is 9.95. The van der Waals surface area contributed by atoms with Gasteiger partial charge in [-0.2, -0.15) is 0 Å². The van der Waals surface area contributed by atoms with Gasteiger partial charge in [0.25, 0.3) is 15.9 Å². The zero-order chi connectivity index (χ0) is 24.8. The number of carbonyl (C=O) groups excluding carboxylic acids is 2. The Kier molecular flexibility index (Phi) is 7.51. The molecule has 1 aliphatic heterocycles. The second kappa shape index (κ2) is 10.7. The fourth-order valence-corrected chi connectivity index (χ4v) is 5.13. The molecule has 1 aliphatic rings. The van der Waals surface area contributed by atoms with Crippen molar-refractivity contribution in [2.24, 2.45) is 5.92 Å². The van der Waals surface area contributed by atoms with Crippen LogP contribution in [0.2, 0.25) is 0 Å². The molecule has 4 rings (SSSR count). The standard InChI is InChI=1S/C27H29N3O4S/c1-20-7-11-24(12-8-20)29-35(33,34)25-13-9-23(10-14-25)27(32)30-17-15-22(16-18-30)26(31)28-19-21-5-3-2-4-6-21/h2-14,22,29H,15-19H2,1H3,(H,28,31). The third kappa shape index (κ3) is 6.27. The fourth-order valence-electron chi connectivity index (χ4n) is 4.07. The third-order valence-electron chi connectivity index (χ3n) is 6.18. The number of sulfonamides is 1. The zero-order valence-electron chi connectivity index (χ0n) is 19.6. The molecule has 0 aromatic heterocycles. The van der Waals surface area contributed by atoms with Crippen LogP contribution in [-0.2, 0) is 21.4 Å². The summed E-state index contributed by atoms with van der Waals surface area (Å²) in [6.07, 6.45) is 1.19. The van der Waals surface area contributed by atoms with Gasteiger partial charge in [0.2, 0.25) is 5.91 Å². The SMILES string of the molecule is Cc1ccc(NS(=O)(=O)c2ccc(C(=O)N3CCC(C(=O)NCc4ccccc4)CC3)cc2)cc1. The van der Waals surface area contributed by atoms with Gasteiger partial charge >= 0.3 is 0 Å². The van der Waals surface area contributed by atoms with E-state index < -0.39 is 10.0 Å². The molecule has 35 heavy (non-hydrogen) atoms. The van der Waals surface area contributed by atoms with E-state index in [4.69, 9.17) is 0 Å². The van der Waals surface area contributed by atoms with Gasteiger partial charge in [0.15, 0.2) is 0 Å². The summed E-state index contributed by atoms with van der Waals surface area (Å²) >= 11 is 0. The van der Waals surface area contributed by atoms with E-state index in [1.54, 1.807) is 17.0 Å². The maximum absolute atomic E-state index is 12.9. The molecule has 7 nitrogen and oxygen atoms in total. The number of aryl methyl sites for hydroxylation is 1. The van der Waals surface area contributed by atoms with Gasteiger partial charge in [-0.05, 0) is 61.7 Å². The first-order valence-electron chi connectivity index (χ1n) is 11.6. The van der Waals surface area contributed by atoms with Crippen molar-refractivity contribution in [1.82, 2.24) is 10.2 Å². The Morgan fingerprint density at radius 3 is 2.14 bits per heavy atom. The summed E-state index contributed by atoms with van der Waals surface area (Å²) in [6, 6.07) is 22.8. The van der Waals surface area contributed by atoms with Crippen LogP contribution in [0.4, 0.5) is 5.69 Å². The van der Waals surface area contributed by atoms with Crippen LogP contribution < -0.4 is 10.0 Å². The van der Waals surface area contributed by atoms with Gasteiger partial charge in [-0.15, -0.1) is 0 Å². The highest BCUT2D eigenvalue weighted by Gasteiger charge is 2.28. The number of nitrogens with one attached hydrogen (secondary N) is 2. The van der Waals surface area contributed by atoms with Crippen LogP contribution in [0.25, 0.3) is 0 Å². The normalized spacial score (nSPS) is 14.4. The highest BCUT2D eigenvalue weighted by Crippen LogP contribution is 2.21. The molecule has 1 heterocycles. The van der Waals surface area contributed by atoms with Gasteiger partial charge in [0.05, 0.1) is 4.90 Å². The van der Waals surface area contributed by atoms with Crippen molar-refractivity contribution in [3.63, 3.8) is 0 Å². The maximum atomic E-state index is 12.9. The predicted molar refractivity (Wildman–Crippen MR) is 135 cm³/mol. The number of hydrogen-bond donors (Lipinski definition) is 2. The molecule has 0 saturated carbocycles. The second-order valence-corrected chi connectivity index (χ2v) is 10.4. The Labute approximate surface area is 206 Å². The van der Waals surface area contributed by atoms with Crippen LogP contribution in [-0.4, -0.2) is 38.2 Å². The largest absolute Gasteiger partial charge is 0.352 e. The van der Waals surface area contributed by atoms with Crippen LogP contribution in [0.5, 0.6) is 0 Å². The molecule has 8 heteroatoms. The average Bonchev–Trinajstić information content (AvgIpc) is 2.89. The van der Waals surface area contributed by atoms with Gasteiger partial charge in [-0.3, -0.25) is 14.3 Å². The number of anilines is 1. The summed E-state index contributed by atoms with van der Waals surface area (Å²) in [6.45, 7) is 3.39. The lowest BCUT2D eigenvalue weighted by Crippen LogP contribution is -2.42. The van der Waals surface area contributed by atoms with Crippen molar-refractivity contribution in [3.8, 4) is 0 Å². The third-order valence-corrected chi connectivity index (χ3v) is 7.58. The van der Waals surface area contributed by atoms with Crippen LogP contribution in [0.1, 0.15) is 34.3 Å². The maximum Gasteiger partial charge on any atom is 0.261 e. The Morgan fingerprint density at radius 1 is 0.886 bits per heavy atom. The fraction of sp³-hybridized carbons (Fsp3) is 0.259. The first-order chi connectivity index (χ1) is 16.8. The number of likely N-dealkylation sites (tertiary alicyclic amines) is 1. The number of rotatable bonds is 7. The molecule has 3 aromatic carbocycles. The summed E-state index contributed by atoms with van der Waals surface area (Å²) in [5, 5.41) is 2.98. The molecule has 0 unspecified atom stereocenters. The van der Waals surface area contributed by atoms with Crippen molar-refractivity contribution in [1.29, 1.82) is 0 Å². The molecule has 182 valence electrons. The Balaban J connectivity index is 1.30. The van der Waals surface area contributed by atoms with Crippen LogP contribution in [0.3, 0.4) is 0 Å². The summed E-state index contributed by atoms with van der Waals surface area (Å²) in [7, 11) is -3.76. The second-order valence-electron chi connectivity index (χ2n) is 8.77. The van der Waals surface area contributed by atoms with E-state index in [1.807, 2.05) is 49.4 Å². The predicted octanol–water partition coefficient (Wildman–Crippen LogP) is 3.96. The molecule has 0 bridgehead atoms. The lowest BCUT2D eigenvalue weighted by Gasteiger charge is -2.31. The highest BCUT2D eigenvalue weighted by molar-refractivity contribution is 7.92. The minimum absolute atomic E-state index is 0.0107. The molecule has 0 spiro atoms.